The quantitative estimate of drug-likeness (QED) is 0.618. The first-order valence-corrected chi connectivity index (χ1v) is 9.08. The van der Waals surface area contributed by atoms with E-state index in [-0.39, 0.29) is 22.8 Å². The van der Waals surface area contributed by atoms with Crippen LogP contribution in [0, 0.1) is 5.82 Å². The number of hydrogen-bond acceptors (Lipinski definition) is 4. The van der Waals surface area contributed by atoms with Crippen molar-refractivity contribution < 1.29 is 9.13 Å². The van der Waals surface area contributed by atoms with Crippen LogP contribution in [0.15, 0.2) is 65.0 Å². The van der Waals surface area contributed by atoms with Gasteiger partial charge in [-0.3, -0.25) is 0 Å². The molecule has 0 unspecified atom stereocenters. The Balaban J connectivity index is 0.00000196. The lowest BCUT2D eigenvalue weighted by atomic mass is 10.2. The maximum Gasteiger partial charge on any atom is 0.209 e. The van der Waals surface area contributed by atoms with E-state index in [1.807, 2.05) is 30.3 Å². The van der Waals surface area contributed by atoms with E-state index >= 15 is 0 Å². The van der Waals surface area contributed by atoms with E-state index < -0.39 is 0 Å². The van der Waals surface area contributed by atoms with Crippen LogP contribution in [0.1, 0.15) is 0 Å². The molecule has 0 amide bonds. The molecule has 0 radical (unpaired) electrons. The van der Waals surface area contributed by atoms with Crippen LogP contribution < -0.4 is 9.81 Å². The standard InChI is InChI=1S/C19H18FN3OS.BrH/c20-16-8-6-15(7-9-16)18-14-25-19(21-17-4-2-1-3-5-17)23(18)22-10-12-24-13-11-22;/h1-9,14H,10-13H2;1H. The molecule has 4 rings (SSSR count). The van der Waals surface area contributed by atoms with E-state index in [2.05, 4.69) is 15.1 Å². The van der Waals surface area contributed by atoms with Gasteiger partial charge >= 0.3 is 0 Å². The van der Waals surface area contributed by atoms with Gasteiger partial charge in [-0.15, -0.1) is 28.3 Å². The second-order valence-electron chi connectivity index (χ2n) is 5.74. The average Bonchev–Trinajstić information content (AvgIpc) is 3.07. The van der Waals surface area contributed by atoms with Gasteiger partial charge in [0.05, 0.1) is 37.7 Å². The number of thiazole rings is 1. The number of morpholine rings is 1. The average molecular weight is 436 g/mol. The Bertz CT molecular complexity index is 903. The molecule has 136 valence electrons. The second kappa shape index (κ2) is 8.62. The first-order chi connectivity index (χ1) is 12.3. The van der Waals surface area contributed by atoms with Crippen LogP contribution in [-0.2, 0) is 4.74 Å². The molecule has 4 nitrogen and oxygen atoms in total. The summed E-state index contributed by atoms with van der Waals surface area (Å²) in [6.07, 6.45) is 0. The molecule has 2 heterocycles. The van der Waals surface area contributed by atoms with Crippen molar-refractivity contribution in [3.8, 4) is 11.3 Å². The van der Waals surface area contributed by atoms with Crippen LogP contribution in [0.25, 0.3) is 11.3 Å². The Labute approximate surface area is 165 Å². The summed E-state index contributed by atoms with van der Waals surface area (Å²) in [5, 5.41) is 4.31. The molecule has 0 bridgehead atoms. The molecule has 7 heteroatoms. The van der Waals surface area contributed by atoms with Crippen LogP contribution in [-0.4, -0.2) is 31.0 Å². The number of nitrogens with zero attached hydrogens (tertiary/aromatic N) is 3. The van der Waals surface area contributed by atoms with Crippen LogP contribution in [0.5, 0.6) is 0 Å². The highest BCUT2D eigenvalue weighted by atomic mass is 79.9. The first-order valence-electron chi connectivity index (χ1n) is 8.20. The van der Waals surface area contributed by atoms with E-state index in [4.69, 9.17) is 9.73 Å². The molecule has 1 aliphatic heterocycles. The Morgan fingerprint density at radius 2 is 1.65 bits per heavy atom. The van der Waals surface area contributed by atoms with Gasteiger partial charge in [0.15, 0.2) is 0 Å². The van der Waals surface area contributed by atoms with Crippen LogP contribution in [0.2, 0.25) is 0 Å². The van der Waals surface area contributed by atoms with Gasteiger partial charge in [-0.05, 0) is 36.4 Å². The molecule has 1 fully saturated rings. The van der Waals surface area contributed by atoms with E-state index in [0.717, 1.165) is 34.8 Å². The largest absolute Gasteiger partial charge is 0.378 e. The van der Waals surface area contributed by atoms with E-state index in [1.54, 1.807) is 23.5 Å². The summed E-state index contributed by atoms with van der Waals surface area (Å²) in [6, 6.07) is 16.5. The van der Waals surface area contributed by atoms with Crippen LogP contribution in [0.4, 0.5) is 10.1 Å². The number of aromatic nitrogens is 1. The molecular weight excluding hydrogens is 417 g/mol. The zero-order chi connectivity index (χ0) is 17.1. The Kier molecular flexibility index (Phi) is 6.24. The maximum atomic E-state index is 13.3. The number of para-hydroxylation sites is 1. The molecule has 0 saturated carbocycles. The molecule has 0 aliphatic carbocycles. The minimum atomic E-state index is -0.230. The number of benzene rings is 2. The molecule has 0 spiro atoms. The maximum absolute atomic E-state index is 13.3. The van der Waals surface area contributed by atoms with Gasteiger partial charge in [-0.2, -0.15) is 0 Å². The monoisotopic (exact) mass is 435 g/mol. The third-order valence-electron chi connectivity index (χ3n) is 4.08. The summed E-state index contributed by atoms with van der Waals surface area (Å²) in [4.78, 5) is 5.70. The number of halogens is 2. The topological polar surface area (TPSA) is 29.8 Å². The minimum Gasteiger partial charge on any atom is -0.378 e. The summed E-state index contributed by atoms with van der Waals surface area (Å²) in [6.45, 7) is 2.98. The fourth-order valence-corrected chi connectivity index (χ4v) is 3.76. The highest BCUT2D eigenvalue weighted by molar-refractivity contribution is 8.93. The van der Waals surface area contributed by atoms with E-state index in [0.29, 0.717) is 13.2 Å². The normalized spacial score (nSPS) is 15.0. The van der Waals surface area contributed by atoms with Crippen LogP contribution >= 0.6 is 28.3 Å². The lowest BCUT2D eigenvalue weighted by molar-refractivity contribution is 0.111. The van der Waals surface area contributed by atoms with Crippen molar-refractivity contribution in [1.29, 1.82) is 0 Å². The van der Waals surface area contributed by atoms with Crippen molar-refractivity contribution >= 4 is 34.0 Å². The van der Waals surface area contributed by atoms with Crippen molar-refractivity contribution in [2.24, 2.45) is 4.99 Å². The van der Waals surface area contributed by atoms with E-state index in [1.165, 1.54) is 12.1 Å². The SMILES string of the molecule is Br.Fc1ccc(-c2csc(=Nc3ccccc3)n2N2CCOCC2)cc1. The van der Waals surface area contributed by atoms with Crippen molar-refractivity contribution in [2.75, 3.05) is 31.3 Å². The van der Waals surface area contributed by atoms with Crippen molar-refractivity contribution in [2.45, 2.75) is 0 Å². The molecular formula is C19H19BrFN3OS. The first kappa shape index (κ1) is 18.8. The molecule has 1 aromatic heterocycles. The summed E-state index contributed by atoms with van der Waals surface area (Å²) in [5.41, 5.74) is 2.90. The third kappa shape index (κ3) is 4.06. The summed E-state index contributed by atoms with van der Waals surface area (Å²) < 4.78 is 20.9. The van der Waals surface area contributed by atoms with Crippen molar-refractivity contribution in [1.82, 2.24) is 4.68 Å². The summed E-state index contributed by atoms with van der Waals surface area (Å²) >= 11 is 1.58. The Morgan fingerprint density at radius 1 is 0.962 bits per heavy atom. The van der Waals surface area contributed by atoms with Gasteiger partial charge < -0.3 is 9.75 Å². The van der Waals surface area contributed by atoms with Crippen LogP contribution in [0.3, 0.4) is 0 Å². The fraction of sp³-hybridized carbons (Fsp3) is 0.211. The molecule has 1 saturated heterocycles. The molecule has 2 aromatic carbocycles. The second-order valence-corrected chi connectivity index (χ2v) is 6.57. The lowest BCUT2D eigenvalue weighted by Gasteiger charge is -2.31. The molecule has 0 atom stereocenters. The molecule has 0 N–H and O–H groups in total. The zero-order valence-electron chi connectivity index (χ0n) is 14.0. The summed E-state index contributed by atoms with van der Waals surface area (Å²) in [7, 11) is 0. The zero-order valence-corrected chi connectivity index (χ0v) is 16.6. The Morgan fingerprint density at radius 3 is 2.35 bits per heavy atom. The lowest BCUT2D eigenvalue weighted by Crippen LogP contribution is -2.48. The highest BCUT2D eigenvalue weighted by Gasteiger charge is 2.17. The van der Waals surface area contributed by atoms with Crippen molar-refractivity contribution in [3.63, 3.8) is 0 Å². The number of hydrogen-bond donors (Lipinski definition) is 0. The number of ether oxygens (including phenoxy) is 1. The van der Waals surface area contributed by atoms with Gasteiger partial charge in [-0.25, -0.2) is 14.1 Å². The highest BCUT2D eigenvalue weighted by Crippen LogP contribution is 2.22. The smallest absolute Gasteiger partial charge is 0.209 e. The Hall–Kier alpha value is -1.96. The molecule has 1 aliphatic rings. The third-order valence-corrected chi connectivity index (χ3v) is 4.89. The van der Waals surface area contributed by atoms with Gasteiger partial charge in [0.25, 0.3) is 0 Å². The molecule has 26 heavy (non-hydrogen) atoms. The van der Waals surface area contributed by atoms with Gasteiger partial charge in [-0.1, -0.05) is 18.2 Å². The molecule has 3 aromatic rings. The predicted molar refractivity (Wildman–Crippen MR) is 108 cm³/mol. The van der Waals surface area contributed by atoms with Gasteiger partial charge in [0, 0.05) is 10.9 Å². The number of rotatable bonds is 3. The minimum absolute atomic E-state index is 0. The van der Waals surface area contributed by atoms with E-state index in [9.17, 15) is 4.39 Å². The predicted octanol–water partition coefficient (Wildman–Crippen LogP) is 4.13. The summed E-state index contributed by atoms with van der Waals surface area (Å²) in [5.74, 6) is -0.230. The fourth-order valence-electron chi connectivity index (χ4n) is 2.84. The van der Waals surface area contributed by atoms with Gasteiger partial charge in [0.2, 0.25) is 4.80 Å². The van der Waals surface area contributed by atoms with Crippen molar-refractivity contribution in [3.05, 3.63) is 70.6 Å². The van der Waals surface area contributed by atoms with Gasteiger partial charge in [0.1, 0.15) is 5.82 Å².